The molecule has 0 aliphatic carbocycles. The van der Waals surface area contributed by atoms with Gasteiger partial charge in [-0.05, 0) is 17.1 Å². The average Bonchev–Trinajstić information content (AvgIpc) is 2.92. The molecule has 0 aromatic rings. The van der Waals surface area contributed by atoms with Crippen LogP contribution >= 0.6 is 11.8 Å². The number of thioether (sulfide) groups is 1. The standard InChI is InChI=1S/C14H12N2O3S2/c1-3-5-6-7-11(4-2)13(10-15)12-8-9-20-14(12)16-19-21(17)18/h3-9H,1-2H2,(H,17,18)/p-1/b6-5-,11-7+,13-12+,16-14-. The minimum Gasteiger partial charge on any atom is -0.738 e. The van der Waals surface area contributed by atoms with Gasteiger partial charge in [0.05, 0.1) is 5.57 Å². The minimum absolute atomic E-state index is 0.288. The third-order valence-corrected chi connectivity index (χ3v) is 3.22. The van der Waals surface area contributed by atoms with Crippen molar-refractivity contribution in [3.63, 3.8) is 0 Å². The molecular formula is C14H11N2O3S2-. The van der Waals surface area contributed by atoms with E-state index in [0.717, 1.165) is 11.8 Å². The van der Waals surface area contributed by atoms with Crippen molar-refractivity contribution in [1.82, 2.24) is 0 Å². The van der Waals surface area contributed by atoms with Crippen LogP contribution in [0.2, 0.25) is 0 Å². The van der Waals surface area contributed by atoms with E-state index in [4.69, 9.17) is 0 Å². The molecule has 108 valence electrons. The Balaban J connectivity index is 3.26. The van der Waals surface area contributed by atoms with E-state index in [9.17, 15) is 14.0 Å². The quantitative estimate of drug-likeness (QED) is 0.325. The summed E-state index contributed by atoms with van der Waals surface area (Å²) in [5.74, 6) is 0. The van der Waals surface area contributed by atoms with Crippen molar-refractivity contribution in [3.05, 3.63) is 71.7 Å². The van der Waals surface area contributed by atoms with Gasteiger partial charge in [0.2, 0.25) is 0 Å². The van der Waals surface area contributed by atoms with Gasteiger partial charge in [0.15, 0.2) is 11.4 Å². The monoisotopic (exact) mass is 319 g/mol. The van der Waals surface area contributed by atoms with Crippen molar-refractivity contribution in [3.8, 4) is 6.07 Å². The number of nitrogens with zero attached hydrogens (tertiary/aromatic N) is 2. The van der Waals surface area contributed by atoms with Crippen LogP contribution in [0.15, 0.2) is 76.9 Å². The first-order chi connectivity index (χ1) is 10.1. The molecule has 0 bridgehead atoms. The van der Waals surface area contributed by atoms with Gasteiger partial charge in [-0.3, -0.25) is 0 Å². The van der Waals surface area contributed by atoms with E-state index in [1.165, 1.54) is 6.08 Å². The fourth-order valence-corrected chi connectivity index (χ4v) is 2.29. The van der Waals surface area contributed by atoms with Crippen LogP contribution in [0.25, 0.3) is 0 Å². The lowest BCUT2D eigenvalue weighted by atomic mass is 10.0. The lowest BCUT2D eigenvalue weighted by molar-refractivity contribution is 0.319. The summed E-state index contributed by atoms with van der Waals surface area (Å²) in [6.45, 7) is 7.22. The van der Waals surface area contributed by atoms with Crippen LogP contribution in [-0.2, 0) is 15.6 Å². The van der Waals surface area contributed by atoms with Gasteiger partial charge in [-0.15, -0.1) is 0 Å². The van der Waals surface area contributed by atoms with E-state index in [1.54, 1.807) is 35.8 Å². The van der Waals surface area contributed by atoms with Gasteiger partial charge in [0.1, 0.15) is 11.1 Å². The minimum atomic E-state index is -2.75. The highest BCUT2D eigenvalue weighted by Gasteiger charge is 2.18. The Labute approximate surface area is 129 Å². The fourth-order valence-electron chi connectivity index (χ4n) is 1.40. The summed E-state index contributed by atoms with van der Waals surface area (Å²) in [5.41, 5.74) is 1.37. The van der Waals surface area contributed by atoms with Gasteiger partial charge in [0, 0.05) is 5.57 Å². The number of rotatable bonds is 6. The molecule has 1 aliphatic rings. The van der Waals surface area contributed by atoms with Crippen molar-refractivity contribution in [2.75, 3.05) is 0 Å². The maximum atomic E-state index is 10.4. The van der Waals surface area contributed by atoms with Gasteiger partial charge < -0.3 is 8.84 Å². The summed E-state index contributed by atoms with van der Waals surface area (Å²) in [7, 11) is 0. The van der Waals surface area contributed by atoms with Crippen molar-refractivity contribution >= 4 is 28.2 Å². The van der Waals surface area contributed by atoms with Gasteiger partial charge in [-0.2, -0.15) is 5.26 Å². The molecule has 0 aromatic heterocycles. The largest absolute Gasteiger partial charge is 0.738 e. The van der Waals surface area contributed by atoms with Crippen LogP contribution in [0, 0.1) is 11.3 Å². The summed E-state index contributed by atoms with van der Waals surface area (Å²) in [5, 5.41) is 14.8. The number of oxime groups is 1. The molecule has 0 saturated carbocycles. The van der Waals surface area contributed by atoms with Crippen LogP contribution in [0.3, 0.4) is 0 Å². The molecule has 0 fully saturated rings. The van der Waals surface area contributed by atoms with E-state index in [0.29, 0.717) is 16.7 Å². The Morgan fingerprint density at radius 3 is 2.86 bits per heavy atom. The van der Waals surface area contributed by atoms with Crippen molar-refractivity contribution in [2.45, 2.75) is 0 Å². The van der Waals surface area contributed by atoms with Crippen LogP contribution < -0.4 is 0 Å². The predicted molar refractivity (Wildman–Crippen MR) is 84.4 cm³/mol. The van der Waals surface area contributed by atoms with Crippen molar-refractivity contribution in [2.24, 2.45) is 5.16 Å². The molecule has 1 aliphatic heterocycles. The van der Waals surface area contributed by atoms with Gasteiger partial charge >= 0.3 is 0 Å². The van der Waals surface area contributed by atoms with E-state index < -0.39 is 11.4 Å². The molecule has 0 N–H and O–H groups in total. The van der Waals surface area contributed by atoms with Crippen LogP contribution in [0.5, 0.6) is 0 Å². The first-order valence-electron chi connectivity index (χ1n) is 5.59. The average molecular weight is 319 g/mol. The molecule has 1 heterocycles. The number of hydrogen-bond acceptors (Lipinski definition) is 6. The van der Waals surface area contributed by atoms with Gasteiger partial charge in [0.25, 0.3) is 0 Å². The molecule has 1 atom stereocenters. The van der Waals surface area contributed by atoms with E-state index >= 15 is 0 Å². The Hall–Kier alpha value is -2.14. The summed E-state index contributed by atoms with van der Waals surface area (Å²) < 4.78 is 25.0. The third-order valence-electron chi connectivity index (χ3n) is 2.24. The summed E-state index contributed by atoms with van der Waals surface area (Å²) in [6, 6.07) is 2.06. The molecule has 0 spiro atoms. The Bertz CT molecular complexity index is 650. The molecule has 5 nitrogen and oxygen atoms in total. The molecule has 7 heteroatoms. The number of hydrogen-bond donors (Lipinski definition) is 0. The lowest BCUT2D eigenvalue weighted by Crippen LogP contribution is -1.99. The van der Waals surface area contributed by atoms with E-state index in [-0.39, 0.29) is 5.04 Å². The first-order valence-corrected chi connectivity index (χ1v) is 7.47. The molecule has 0 amide bonds. The van der Waals surface area contributed by atoms with Gasteiger partial charge in [-0.25, -0.2) is 4.21 Å². The summed E-state index contributed by atoms with van der Waals surface area (Å²) >= 11 is -1.59. The van der Waals surface area contributed by atoms with Crippen LogP contribution in [0.1, 0.15) is 0 Å². The highest BCUT2D eigenvalue weighted by Crippen LogP contribution is 2.29. The zero-order chi connectivity index (χ0) is 15.7. The third kappa shape index (κ3) is 5.04. The second-order valence-electron chi connectivity index (χ2n) is 3.44. The highest BCUT2D eigenvalue weighted by atomic mass is 32.2. The zero-order valence-corrected chi connectivity index (χ0v) is 12.5. The molecule has 0 radical (unpaired) electrons. The lowest BCUT2D eigenvalue weighted by Gasteiger charge is -2.05. The van der Waals surface area contributed by atoms with Crippen LogP contribution in [-0.4, -0.2) is 13.8 Å². The molecule has 0 aromatic carbocycles. The molecule has 1 rings (SSSR count). The Morgan fingerprint density at radius 2 is 2.29 bits per heavy atom. The SMILES string of the molecule is C=C\C=C/C=C(C=C)/C(C#N)=C1\C=CS\C1=N/OS(=O)[O-]. The van der Waals surface area contributed by atoms with E-state index in [1.807, 2.05) is 0 Å². The molecule has 0 saturated heterocycles. The zero-order valence-electron chi connectivity index (χ0n) is 10.9. The number of allylic oxidation sites excluding steroid dienone is 8. The topological polar surface area (TPSA) is 85.5 Å². The molecule has 1 unspecified atom stereocenters. The summed E-state index contributed by atoms with van der Waals surface area (Å²) in [4.78, 5) is 0. The molecular weight excluding hydrogens is 308 g/mol. The number of nitriles is 1. The van der Waals surface area contributed by atoms with Crippen LogP contribution in [0.4, 0.5) is 0 Å². The maximum Gasteiger partial charge on any atom is 0.169 e. The molecule has 21 heavy (non-hydrogen) atoms. The second kappa shape index (κ2) is 8.92. The van der Waals surface area contributed by atoms with Crippen molar-refractivity contribution in [1.29, 1.82) is 5.26 Å². The normalized spacial score (nSPS) is 20.4. The smallest absolute Gasteiger partial charge is 0.169 e. The highest BCUT2D eigenvalue weighted by molar-refractivity contribution is 8.17. The van der Waals surface area contributed by atoms with Gasteiger partial charge in [-0.1, -0.05) is 60.5 Å². The first kappa shape index (κ1) is 16.9. The Kier molecular flexibility index (Phi) is 7.18. The predicted octanol–water partition coefficient (Wildman–Crippen LogP) is 3.05. The summed E-state index contributed by atoms with van der Waals surface area (Å²) in [6.07, 6.45) is 9.91. The maximum absolute atomic E-state index is 10.4. The van der Waals surface area contributed by atoms with Crippen molar-refractivity contribution < 1.29 is 13.0 Å². The Morgan fingerprint density at radius 1 is 1.52 bits per heavy atom. The second-order valence-corrected chi connectivity index (χ2v) is 4.89. The van der Waals surface area contributed by atoms with E-state index in [2.05, 4.69) is 28.7 Å². The fraction of sp³-hybridized carbons (Fsp3) is 0.